The topological polar surface area (TPSA) is 79.8 Å². The molecule has 0 radical (unpaired) electrons. The summed E-state index contributed by atoms with van der Waals surface area (Å²) >= 11 is 7.40. The standard InChI is InChI=1S/C26H22ClN3O3S/c1-16-6-9-20(10-7-16)29-26-30-25(32)23(34-26)14-18-13-19(27)8-11-22(18)33-15-24(31)28-21-5-3-4-17(2)12-21/h3-14H,15H2,1-2H3,(H,28,31)(H,29,30,32)/b23-14-. The number of aryl methyl sites for hydroxylation is 2. The van der Waals surface area contributed by atoms with Crippen LogP contribution in [0.15, 0.2) is 76.6 Å². The molecule has 0 atom stereocenters. The number of anilines is 1. The fraction of sp³-hybridized carbons (Fsp3) is 0.115. The molecule has 8 heteroatoms. The van der Waals surface area contributed by atoms with Gasteiger partial charge in [0, 0.05) is 16.3 Å². The number of ether oxygens (including phenoxy) is 1. The highest BCUT2D eigenvalue weighted by atomic mass is 35.5. The minimum Gasteiger partial charge on any atom is -0.483 e. The molecule has 0 aromatic heterocycles. The van der Waals surface area contributed by atoms with E-state index in [1.165, 1.54) is 11.8 Å². The molecule has 0 bridgehead atoms. The van der Waals surface area contributed by atoms with Gasteiger partial charge >= 0.3 is 0 Å². The maximum atomic E-state index is 12.5. The van der Waals surface area contributed by atoms with Gasteiger partial charge in [-0.05, 0) is 79.7 Å². The van der Waals surface area contributed by atoms with E-state index in [1.807, 2.05) is 62.4 Å². The molecule has 34 heavy (non-hydrogen) atoms. The Morgan fingerprint density at radius 1 is 1.09 bits per heavy atom. The third-order valence-corrected chi connectivity index (χ3v) is 5.98. The lowest BCUT2D eigenvalue weighted by molar-refractivity contribution is -0.118. The Morgan fingerprint density at radius 3 is 2.65 bits per heavy atom. The summed E-state index contributed by atoms with van der Waals surface area (Å²) in [7, 11) is 0. The van der Waals surface area contributed by atoms with Crippen molar-refractivity contribution in [2.24, 2.45) is 4.99 Å². The summed E-state index contributed by atoms with van der Waals surface area (Å²) in [6.45, 7) is 3.76. The predicted molar refractivity (Wildman–Crippen MR) is 139 cm³/mol. The number of amidine groups is 1. The average molecular weight is 492 g/mol. The van der Waals surface area contributed by atoms with Crippen molar-refractivity contribution in [2.45, 2.75) is 13.8 Å². The highest BCUT2D eigenvalue weighted by Crippen LogP contribution is 2.32. The van der Waals surface area contributed by atoms with E-state index in [0.717, 1.165) is 16.8 Å². The van der Waals surface area contributed by atoms with Crippen molar-refractivity contribution in [3.63, 3.8) is 0 Å². The first kappa shape index (κ1) is 23.6. The van der Waals surface area contributed by atoms with Gasteiger partial charge in [0.15, 0.2) is 11.8 Å². The molecule has 3 aromatic rings. The molecule has 1 heterocycles. The molecule has 1 fully saturated rings. The molecule has 0 unspecified atom stereocenters. The fourth-order valence-electron chi connectivity index (χ4n) is 3.19. The molecular weight excluding hydrogens is 470 g/mol. The van der Waals surface area contributed by atoms with Crippen LogP contribution < -0.4 is 15.4 Å². The SMILES string of the molecule is Cc1ccc(N=C2NC(=O)/C(=C/c3cc(Cl)ccc3OCC(=O)Nc3cccc(C)c3)S2)cc1. The van der Waals surface area contributed by atoms with Crippen molar-refractivity contribution >= 4 is 57.8 Å². The number of nitrogens with one attached hydrogen (secondary N) is 2. The van der Waals surface area contributed by atoms with E-state index < -0.39 is 0 Å². The Kier molecular flexibility index (Phi) is 7.35. The van der Waals surface area contributed by atoms with Crippen molar-refractivity contribution in [1.82, 2.24) is 5.32 Å². The highest BCUT2D eigenvalue weighted by Gasteiger charge is 2.24. The molecule has 2 N–H and O–H groups in total. The zero-order valence-corrected chi connectivity index (χ0v) is 20.2. The fourth-order valence-corrected chi connectivity index (χ4v) is 4.20. The third kappa shape index (κ3) is 6.27. The van der Waals surface area contributed by atoms with E-state index in [9.17, 15) is 9.59 Å². The smallest absolute Gasteiger partial charge is 0.264 e. The monoisotopic (exact) mass is 491 g/mol. The molecule has 2 amide bonds. The van der Waals surface area contributed by atoms with Crippen LogP contribution in [0.1, 0.15) is 16.7 Å². The predicted octanol–water partition coefficient (Wildman–Crippen LogP) is 5.87. The molecule has 1 saturated heterocycles. The number of nitrogens with zero attached hydrogens (tertiary/aromatic N) is 1. The summed E-state index contributed by atoms with van der Waals surface area (Å²) in [4.78, 5) is 29.8. The van der Waals surface area contributed by atoms with Gasteiger partial charge in [-0.2, -0.15) is 0 Å². The highest BCUT2D eigenvalue weighted by molar-refractivity contribution is 8.18. The number of amides is 2. The molecule has 1 aliphatic rings. The molecule has 1 aliphatic heterocycles. The van der Waals surface area contributed by atoms with Crippen LogP contribution in [0, 0.1) is 13.8 Å². The maximum Gasteiger partial charge on any atom is 0.264 e. The second kappa shape index (κ2) is 10.6. The van der Waals surface area contributed by atoms with E-state index in [1.54, 1.807) is 24.3 Å². The van der Waals surface area contributed by atoms with Crippen LogP contribution in [0.2, 0.25) is 5.02 Å². The van der Waals surface area contributed by atoms with Gasteiger partial charge in [-0.3, -0.25) is 9.59 Å². The van der Waals surface area contributed by atoms with Crippen LogP contribution in [-0.2, 0) is 9.59 Å². The largest absolute Gasteiger partial charge is 0.483 e. The number of benzene rings is 3. The zero-order chi connectivity index (χ0) is 24.1. The van der Waals surface area contributed by atoms with Gasteiger partial charge in [-0.25, -0.2) is 4.99 Å². The number of thioether (sulfide) groups is 1. The molecule has 0 saturated carbocycles. The Hall–Kier alpha value is -3.55. The van der Waals surface area contributed by atoms with Crippen molar-refractivity contribution in [1.29, 1.82) is 0 Å². The normalized spacial score (nSPS) is 15.4. The van der Waals surface area contributed by atoms with Crippen LogP contribution in [0.5, 0.6) is 5.75 Å². The minimum atomic E-state index is -0.292. The van der Waals surface area contributed by atoms with Crippen molar-refractivity contribution in [2.75, 3.05) is 11.9 Å². The van der Waals surface area contributed by atoms with Gasteiger partial charge in [0.25, 0.3) is 11.8 Å². The number of halogens is 1. The Labute approximate surface area is 207 Å². The second-order valence-corrected chi connectivity index (χ2v) is 9.17. The lowest BCUT2D eigenvalue weighted by atomic mass is 10.2. The number of hydrogen-bond acceptors (Lipinski definition) is 5. The van der Waals surface area contributed by atoms with Crippen LogP contribution in [0.25, 0.3) is 6.08 Å². The summed E-state index contributed by atoms with van der Waals surface area (Å²) in [6, 6.07) is 20.2. The first-order valence-corrected chi connectivity index (χ1v) is 11.7. The molecule has 4 rings (SSSR count). The first-order chi connectivity index (χ1) is 16.4. The Morgan fingerprint density at radius 2 is 1.88 bits per heavy atom. The Balaban J connectivity index is 1.47. The second-order valence-electron chi connectivity index (χ2n) is 7.71. The summed E-state index contributed by atoms with van der Waals surface area (Å²) in [5.41, 5.74) is 4.22. The van der Waals surface area contributed by atoms with Crippen molar-refractivity contribution < 1.29 is 14.3 Å². The zero-order valence-electron chi connectivity index (χ0n) is 18.6. The molecule has 0 aliphatic carbocycles. The van der Waals surface area contributed by atoms with E-state index in [-0.39, 0.29) is 18.4 Å². The van der Waals surface area contributed by atoms with Crippen molar-refractivity contribution in [3.8, 4) is 5.75 Å². The van der Waals surface area contributed by atoms with E-state index in [0.29, 0.717) is 32.1 Å². The van der Waals surface area contributed by atoms with Crippen molar-refractivity contribution in [3.05, 3.63) is 93.3 Å². The number of carbonyl (C=O) groups is 2. The molecule has 3 aromatic carbocycles. The lowest BCUT2D eigenvalue weighted by Crippen LogP contribution is -2.20. The molecule has 172 valence electrons. The minimum absolute atomic E-state index is 0.189. The summed E-state index contributed by atoms with van der Waals surface area (Å²) in [5.74, 6) is -0.118. The Bertz CT molecular complexity index is 1300. The lowest BCUT2D eigenvalue weighted by Gasteiger charge is -2.11. The summed E-state index contributed by atoms with van der Waals surface area (Å²) < 4.78 is 5.75. The summed E-state index contributed by atoms with van der Waals surface area (Å²) in [6.07, 6.45) is 1.68. The first-order valence-electron chi connectivity index (χ1n) is 10.5. The van der Waals surface area contributed by atoms with Crippen LogP contribution in [0.3, 0.4) is 0 Å². The van der Waals surface area contributed by atoms with E-state index >= 15 is 0 Å². The average Bonchev–Trinajstić information content (AvgIpc) is 3.13. The van der Waals surface area contributed by atoms with Gasteiger partial charge < -0.3 is 15.4 Å². The number of carbonyl (C=O) groups excluding carboxylic acids is 2. The number of aliphatic imine (C=N–C) groups is 1. The van der Waals surface area contributed by atoms with E-state index in [4.69, 9.17) is 16.3 Å². The number of hydrogen-bond donors (Lipinski definition) is 2. The molecule has 6 nitrogen and oxygen atoms in total. The van der Waals surface area contributed by atoms with Gasteiger partial charge in [-0.15, -0.1) is 0 Å². The molecular formula is C26H22ClN3O3S. The van der Waals surface area contributed by atoms with Gasteiger partial charge in [0.05, 0.1) is 10.6 Å². The van der Waals surface area contributed by atoms with E-state index in [2.05, 4.69) is 15.6 Å². The van der Waals surface area contributed by atoms with Crippen LogP contribution in [-0.4, -0.2) is 23.6 Å². The maximum absolute atomic E-state index is 12.5. The van der Waals surface area contributed by atoms with Gasteiger partial charge in [-0.1, -0.05) is 41.4 Å². The third-order valence-electron chi connectivity index (χ3n) is 4.83. The quantitative estimate of drug-likeness (QED) is 0.423. The van der Waals surface area contributed by atoms with Gasteiger partial charge in [0.1, 0.15) is 5.75 Å². The van der Waals surface area contributed by atoms with Crippen LogP contribution in [0.4, 0.5) is 11.4 Å². The number of rotatable bonds is 6. The van der Waals surface area contributed by atoms with Gasteiger partial charge in [0.2, 0.25) is 0 Å². The summed E-state index contributed by atoms with van der Waals surface area (Å²) in [5, 5.41) is 6.55. The van der Waals surface area contributed by atoms with Crippen LogP contribution >= 0.6 is 23.4 Å². The molecule has 0 spiro atoms.